The average Bonchev–Trinajstić information content (AvgIpc) is 3.18. The molecule has 4 nitrogen and oxygen atoms in total. The highest BCUT2D eigenvalue weighted by molar-refractivity contribution is 5.79. The number of nitrogens with zero attached hydrogens (tertiary/aromatic N) is 3. The number of hydrogen-bond donors (Lipinski definition) is 0. The maximum Gasteiger partial charge on any atom is 0.228 e. The molecule has 0 N–H and O–H groups in total. The summed E-state index contributed by atoms with van der Waals surface area (Å²) in [5.74, 6) is 0.123. The maximum atomic E-state index is 12.7. The van der Waals surface area contributed by atoms with Crippen molar-refractivity contribution in [1.82, 2.24) is 14.3 Å². The Balaban J connectivity index is 1.54. The second-order valence-corrected chi connectivity index (χ2v) is 6.59. The van der Waals surface area contributed by atoms with Crippen LogP contribution >= 0.6 is 0 Å². The molecule has 1 atom stereocenters. The SMILES string of the molecule is Cc1cccn2cc(CC(=O)N(C)C3CCc4ccccc43)nc12. The Kier molecular flexibility index (Phi) is 3.60. The predicted molar refractivity (Wildman–Crippen MR) is 93.9 cm³/mol. The van der Waals surface area contributed by atoms with E-state index < -0.39 is 0 Å². The first-order chi connectivity index (χ1) is 11.6. The largest absolute Gasteiger partial charge is 0.338 e. The molecule has 0 saturated carbocycles. The van der Waals surface area contributed by atoms with Crippen molar-refractivity contribution in [3.8, 4) is 0 Å². The minimum absolute atomic E-state index is 0.123. The number of aromatic nitrogens is 2. The third kappa shape index (κ3) is 2.48. The Morgan fingerprint density at radius 3 is 2.96 bits per heavy atom. The number of fused-ring (bicyclic) bond motifs is 2. The molecule has 4 rings (SSSR count). The van der Waals surface area contributed by atoms with Gasteiger partial charge in [0.2, 0.25) is 5.91 Å². The Hall–Kier alpha value is -2.62. The van der Waals surface area contributed by atoms with Gasteiger partial charge in [-0.3, -0.25) is 4.79 Å². The smallest absolute Gasteiger partial charge is 0.228 e. The third-order valence-electron chi connectivity index (χ3n) is 5.02. The van der Waals surface area contributed by atoms with E-state index in [4.69, 9.17) is 0 Å². The van der Waals surface area contributed by atoms with Crippen molar-refractivity contribution in [2.45, 2.75) is 32.2 Å². The van der Waals surface area contributed by atoms with Crippen molar-refractivity contribution in [2.75, 3.05) is 7.05 Å². The highest BCUT2D eigenvalue weighted by atomic mass is 16.2. The van der Waals surface area contributed by atoms with Crippen molar-refractivity contribution in [1.29, 1.82) is 0 Å². The molecule has 24 heavy (non-hydrogen) atoms. The zero-order valence-electron chi connectivity index (χ0n) is 14.1. The van der Waals surface area contributed by atoms with Gasteiger partial charge < -0.3 is 9.30 Å². The summed E-state index contributed by atoms with van der Waals surface area (Å²) in [7, 11) is 1.91. The van der Waals surface area contributed by atoms with E-state index in [0.717, 1.165) is 29.7 Å². The summed E-state index contributed by atoms with van der Waals surface area (Å²) < 4.78 is 1.99. The molecule has 0 spiro atoms. The van der Waals surface area contributed by atoms with E-state index in [0.29, 0.717) is 6.42 Å². The lowest BCUT2D eigenvalue weighted by molar-refractivity contribution is -0.131. The van der Waals surface area contributed by atoms with Gasteiger partial charge in [-0.1, -0.05) is 30.3 Å². The van der Waals surface area contributed by atoms with Gasteiger partial charge >= 0.3 is 0 Å². The average molecular weight is 319 g/mol. The molecular weight excluding hydrogens is 298 g/mol. The fraction of sp³-hybridized carbons (Fsp3) is 0.300. The number of hydrogen-bond acceptors (Lipinski definition) is 2. The van der Waals surface area contributed by atoms with Crippen LogP contribution in [0.1, 0.15) is 34.8 Å². The fourth-order valence-corrected chi connectivity index (χ4v) is 3.68. The predicted octanol–water partition coefficient (Wildman–Crippen LogP) is 3.33. The normalized spacial score (nSPS) is 16.3. The summed E-state index contributed by atoms with van der Waals surface area (Å²) in [5, 5.41) is 0. The van der Waals surface area contributed by atoms with Crippen LogP contribution < -0.4 is 0 Å². The summed E-state index contributed by atoms with van der Waals surface area (Å²) in [5.41, 5.74) is 5.53. The van der Waals surface area contributed by atoms with Crippen LogP contribution in [0.15, 0.2) is 48.8 Å². The van der Waals surface area contributed by atoms with Crippen molar-refractivity contribution >= 4 is 11.6 Å². The van der Waals surface area contributed by atoms with Gasteiger partial charge in [-0.15, -0.1) is 0 Å². The number of amides is 1. The Morgan fingerprint density at radius 1 is 1.29 bits per heavy atom. The lowest BCUT2D eigenvalue weighted by Gasteiger charge is -2.25. The highest BCUT2D eigenvalue weighted by Gasteiger charge is 2.28. The Labute approximate surface area is 141 Å². The number of pyridine rings is 1. The topological polar surface area (TPSA) is 37.6 Å². The number of imidazole rings is 1. The van der Waals surface area contributed by atoms with E-state index >= 15 is 0 Å². The number of rotatable bonds is 3. The number of carbonyl (C=O) groups is 1. The van der Waals surface area contributed by atoms with Crippen molar-refractivity contribution in [3.63, 3.8) is 0 Å². The number of aryl methyl sites for hydroxylation is 2. The van der Waals surface area contributed by atoms with Crippen LogP contribution in [0.5, 0.6) is 0 Å². The van der Waals surface area contributed by atoms with E-state index in [1.54, 1.807) is 0 Å². The van der Waals surface area contributed by atoms with Crippen LogP contribution in [0.3, 0.4) is 0 Å². The maximum absolute atomic E-state index is 12.7. The molecule has 1 aliphatic carbocycles. The molecule has 0 saturated heterocycles. The Morgan fingerprint density at radius 2 is 2.12 bits per heavy atom. The molecule has 0 fully saturated rings. The standard InChI is InChI=1S/C20H21N3O/c1-14-6-5-11-23-13-16(21-20(14)23)12-19(24)22(2)18-10-9-15-7-3-4-8-17(15)18/h3-8,11,13,18H,9-10,12H2,1-2H3. The van der Waals surface area contributed by atoms with Crippen LogP contribution in [-0.4, -0.2) is 27.2 Å². The summed E-state index contributed by atoms with van der Waals surface area (Å²) in [4.78, 5) is 19.3. The van der Waals surface area contributed by atoms with Crippen molar-refractivity contribution in [3.05, 3.63) is 71.2 Å². The second kappa shape index (κ2) is 5.78. The summed E-state index contributed by atoms with van der Waals surface area (Å²) in [6, 6.07) is 12.7. The van der Waals surface area contributed by atoms with E-state index in [1.807, 2.05) is 47.8 Å². The van der Waals surface area contributed by atoms with Gasteiger partial charge in [0, 0.05) is 19.4 Å². The van der Waals surface area contributed by atoms with Gasteiger partial charge in [0.1, 0.15) is 5.65 Å². The fourth-order valence-electron chi connectivity index (χ4n) is 3.68. The monoisotopic (exact) mass is 319 g/mol. The molecule has 1 unspecified atom stereocenters. The van der Waals surface area contributed by atoms with E-state index in [1.165, 1.54) is 11.1 Å². The molecule has 4 heteroatoms. The van der Waals surface area contributed by atoms with Crippen LogP contribution in [0.25, 0.3) is 5.65 Å². The van der Waals surface area contributed by atoms with Crippen molar-refractivity contribution in [2.24, 2.45) is 0 Å². The first kappa shape index (κ1) is 14.9. The van der Waals surface area contributed by atoms with Crippen LogP contribution in [0.4, 0.5) is 0 Å². The molecule has 0 aliphatic heterocycles. The van der Waals surface area contributed by atoms with Gasteiger partial charge in [0.25, 0.3) is 0 Å². The summed E-state index contributed by atoms with van der Waals surface area (Å²) in [6.07, 6.45) is 6.32. The van der Waals surface area contributed by atoms with Gasteiger partial charge in [-0.25, -0.2) is 4.98 Å². The quantitative estimate of drug-likeness (QED) is 0.742. The van der Waals surface area contributed by atoms with Gasteiger partial charge in [-0.2, -0.15) is 0 Å². The Bertz CT molecular complexity index is 912. The lowest BCUT2D eigenvalue weighted by Crippen LogP contribution is -2.31. The first-order valence-electron chi connectivity index (χ1n) is 8.40. The first-order valence-corrected chi connectivity index (χ1v) is 8.40. The minimum Gasteiger partial charge on any atom is -0.338 e. The molecule has 2 heterocycles. The molecule has 1 aromatic carbocycles. The zero-order valence-corrected chi connectivity index (χ0v) is 14.1. The lowest BCUT2D eigenvalue weighted by atomic mass is 10.1. The number of benzene rings is 1. The van der Waals surface area contributed by atoms with Crippen LogP contribution in [0.2, 0.25) is 0 Å². The number of carbonyl (C=O) groups excluding carboxylic acids is 1. The molecule has 122 valence electrons. The van der Waals surface area contributed by atoms with Gasteiger partial charge in [-0.05, 0) is 42.5 Å². The molecule has 3 aromatic rings. The molecular formula is C20H21N3O. The van der Waals surface area contributed by atoms with E-state index in [-0.39, 0.29) is 11.9 Å². The zero-order chi connectivity index (χ0) is 16.7. The molecule has 1 aliphatic rings. The van der Waals surface area contributed by atoms with Gasteiger partial charge in [0.05, 0.1) is 18.2 Å². The number of likely N-dealkylation sites (N-methyl/N-ethyl adjacent to an activating group) is 1. The molecule has 1 amide bonds. The molecule has 0 radical (unpaired) electrons. The minimum atomic E-state index is 0.123. The van der Waals surface area contributed by atoms with Crippen molar-refractivity contribution < 1.29 is 4.79 Å². The van der Waals surface area contributed by atoms with Crippen LogP contribution in [0, 0.1) is 6.92 Å². The molecule has 0 bridgehead atoms. The molecule has 2 aromatic heterocycles. The van der Waals surface area contributed by atoms with Crippen LogP contribution in [-0.2, 0) is 17.6 Å². The van der Waals surface area contributed by atoms with E-state index in [2.05, 4.69) is 29.2 Å². The summed E-state index contributed by atoms with van der Waals surface area (Å²) >= 11 is 0. The van der Waals surface area contributed by atoms with Gasteiger partial charge in [0.15, 0.2) is 0 Å². The summed E-state index contributed by atoms with van der Waals surface area (Å²) in [6.45, 7) is 2.04. The van der Waals surface area contributed by atoms with E-state index in [9.17, 15) is 4.79 Å². The third-order valence-corrected chi connectivity index (χ3v) is 5.02. The highest BCUT2D eigenvalue weighted by Crippen LogP contribution is 2.35. The second-order valence-electron chi connectivity index (χ2n) is 6.59.